The van der Waals surface area contributed by atoms with E-state index in [-0.39, 0.29) is 10.7 Å². The van der Waals surface area contributed by atoms with E-state index in [1.165, 1.54) is 27.1 Å². The molecule has 0 aliphatic carbocycles. The third-order valence-corrected chi connectivity index (χ3v) is 7.44. The van der Waals surface area contributed by atoms with E-state index in [0.29, 0.717) is 0 Å². The summed E-state index contributed by atoms with van der Waals surface area (Å²) in [4.78, 5) is 6.42. The molecular weight excluding hydrogens is 432 g/mol. The summed E-state index contributed by atoms with van der Waals surface area (Å²) in [7, 11) is 0. The van der Waals surface area contributed by atoms with Crippen LogP contribution in [0.1, 0.15) is 48.5 Å². The molecule has 1 atom stereocenters. The van der Waals surface area contributed by atoms with E-state index < -0.39 is 0 Å². The largest absolute Gasteiger partial charge is 0.322 e. The van der Waals surface area contributed by atoms with Crippen LogP contribution >= 0.6 is 11.8 Å². The summed E-state index contributed by atoms with van der Waals surface area (Å²) in [6.07, 6.45) is 0. The molecule has 0 saturated carbocycles. The number of hydrogen-bond donors (Lipinski definition) is 0. The molecule has 0 fully saturated rings. The maximum atomic E-state index is 5.18. The van der Waals surface area contributed by atoms with Crippen LogP contribution in [0.3, 0.4) is 0 Å². The Kier molecular flexibility index (Phi) is 6.30. The van der Waals surface area contributed by atoms with Gasteiger partial charge in [-0.2, -0.15) is 0 Å². The van der Waals surface area contributed by atoms with Crippen LogP contribution in [0, 0.1) is 0 Å². The summed E-state index contributed by atoms with van der Waals surface area (Å²) >= 11 is 1.86. The predicted octanol–water partition coefficient (Wildman–Crippen LogP) is 8.26. The molecule has 2 nitrogen and oxygen atoms in total. The molecule has 5 aromatic rings. The van der Waals surface area contributed by atoms with Crippen molar-refractivity contribution >= 4 is 22.8 Å². The Balaban J connectivity index is 1.61. The molecule has 0 amide bonds. The van der Waals surface area contributed by atoms with Crippen LogP contribution in [0.2, 0.25) is 0 Å². The van der Waals surface area contributed by atoms with Crippen molar-refractivity contribution in [2.45, 2.75) is 42.9 Å². The number of hydrogen-bond acceptors (Lipinski definition) is 2. The number of fused-ring (bicyclic) bond motifs is 1. The Morgan fingerprint density at radius 3 is 2.03 bits per heavy atom. The van der Waals surface area contributed by atoms with Gasteiger partial charge in [0.1, 0.15) is 5.82 Å². The van der Waals surface area contributed by atoms with Crippen LogP contribution in [-0.2, 0) is 12.0 Å². The molecular formula is C31H30N2S. The lowest BCUT2D eigenvalue weighted by Crippen LogP contribution is -2.12. The minimum atomic E-state index is 0.0878. The Hall–Kier alpha value is -3.30. The van der Waals surface area contributed by atoms with E-state index in [4.69, 9.17) is 4.98 Å². The van der Waals surface area contributed by atoms with Crippen molar-refractivity contribution in [1.82, 2.24) is 9.55 Å². The molecule has 0 aliphatic heterocycles. The molecule has 5 rings (SSSR count). The van der Waals surface area contributed by atoms with Crippen molar-refractivity contribution in [1.29, 1.82) is 0 Å². The SMILES string of the molecule is CC(C)(C)c1ccc(Cn2c(C(Sc3ccccc3)c3ccccc3)nc3ccccc32)cc1. The topological polar surface area (TPSA) is 17.8 Å². The van der Waals surface area contributed by atoms with Crippen molar-refractivity contribution in [3.63, 3.8) is 0 Å². The van der Waals surface area contributed by atoms with E-state index in [1.54, 1.807) is 0 Å². The van der Waals surface area contributed by atoms with Crippen LogP contribution in [-0.4, -0.2) is 9.55 Å². The van der Waals surface area contributed by atoms with E-state index in [0.717, 1.165) is 17.9 Å². The van der Waals surface area contributed by atoms with Gasteiger partial charge in [0.05, 0.1) is 16.3 Å². The lowest BCUT2D eigenvalue weighted by molar-refractivity contribution is 0.589. The van der Waals surface area contributed by atoms with Gasteiger partial charge in [0.25, 0.3) is 0 Å². The van der Waals surface area contributed by atoms with Gasteiger partial charge in [-0.1, -0.05) is 106 Å². The summed E-state index contributed by atoms with van der Waals surface area (Å²) in [5.41, 5.74) is 6.26. The third-order valence-electron chi connectivity index (χ3n) is 6.18. The first-order valence-electron chi connectivity index (χ1n) is 11.8. The number of thioether (sulfide) groups is 1. The first-order chi connectivity index (χ1) is 16.5. The Morgan fingerprint density at radius 2 is 1.35 bits per heavy atom. The lowest BCUT2D eigenvalue weighted by Gasteiger charge is -2.21. The second-order valence-corrected chi connectivity index (χ2v) is 10.9. The van der Waals surface area contributed by atoms with E-state index in [1.807, 2.05) is 11.8 Å². The number of nitrogens with zero attached hydrogens (tertiary/aromatic N) is 2. The van der Waals surface area contributed by atoms with Crippen molar-refractivity contribution in [2.75, 3.05) is 0 Å². The fourth-order valence-electron chi connectivity index (χ4n) is 4.29. The molecule has 170 valence electrons. The van der Waals surface area contributed by atoms with Gasteiger partial charge >= 0.3 is 0 Å². The monoisotopic (exact) mass is 462 g/mol. The molecule has 1 heterocycles. The normalized spacial score (nSPS) is 12.7. The van der Waals surface area contributed by atoms with Crippen LogP contribution in [0.5, 0.6) is 0 Å². The van der Waals surface area contributed by atoms with Crippen LogP contribution in [0.25, 0.3) is 11.0 Å². The van der Waals surface area contributed by atoms with Crippen molar-refractivity contribution in [3.05, 3.63) is 132 Å². The quantitative estimate of drug-likeness (QED) is 0.236. The highest BCUT2D eigenvalue weighted by Crippen LogP contribution is 2.41. The Labute approximate surface area is 206 Å². The fourth-order valence-corrected chi connectivity index (χ4v) is 5.45. The lowest BCUT2D eigenvalue weighted by atomic mass is 9.87. The average molecular weight is 463 g/mol. The molecule has 4 aromatic carbocycles. The molecule has 0 bridgehead atoms. The highest BCUT2D eigenvalue weighted by Gasteiger charge is 2.23. The fraction of sp³-hybridized carbons (Fsp3) is 0.194. The number of benzene rings is 4. The summed E-state index contributed by atoms with van der Waals surface area (Å²) in [5.74, 6) is 1.08. The van der Waals surface area contributed by atoms with Gasteiger partial charge in [0.15, 0.2) is 0 Å². The predicted molar refractivity (Wildman–Crippen MR) is 145 cm³/mol. The highest BCUT2D eigenvalue weighted by molar-refractivity contribution is 7.99. The van der Waals surface area contributed by atoms with Crippen molar-refractivity contribution in [2.24, 2.45) is 0 Å². The van der Waals surface area contributed by atoms with Crippen LogP contribution < -0.4 is 0 Å². The average Bonchev–Trinajstić information content (AvgIpc) is 3.21. The summed E-state index contributed by atoms with van der Waals surface area (Å²) in [6.45, 7) is 7.57. The van der Waals surface area contributed by atoms with E-state index in [2.05, 4.69) is 135 Å². The summed E-state index contributed by atoms with van der Waals surface area (Å²) in [5, 5.41) is 0.0878. The zero-order valence-corrected chi connectivity index (χ0v) is 20.8. The molecule has 0 spiro atoms. The van der Waals surface area contributed by atoms with Gasteiger partial charge in [-0.15, -0.1) is 11.8 Å². The summed E-state index contributed by atoms with van der Waals surface area (Å²) in [6, 6.07) is 38.9. The van der Waals surface area contributed by atoms with E-state index in [9.17, 15) is 0 Å². The van der Waals surface area contributed by atoms with Gasteiger partial charge in [0.2, 0.25) is 0 Å². The zero-order valence-electron chi connectivity index (χ0n) is 20.0. The van der Waals surface area contributed by atoms with Gasteiger partial charge in [0, 0.05) is 11.4 Å². The minimum Gasteiger partial charge on any atom is -0.322 e. The van der Waals surface area contributed by atoms with Gasteiger partial charge < -0.3 is 4.57 Å². The first-order valence-corrected chi connectivity index (χ1v) is 12.7. The maximum Gasteiger partial charge on any atom is 0.128 e. The number of para-hydroxylation sites is 2. The number of imidazole rings is 1. The Morgan fingerprint density at radius 1 is 0.735 bits per heavy atom. The maximum absolute atomic E-state index is 5.18. The molecule has 0 aliphatic rings. The molecule has 0 radical (unpaired) electrons. The Bertz CT molecular complexity index is 1360. The third kappa shape index (κ3) is 4.80. The first kappa shape index (κ1) is 22.5. The summed E-state index contributed by atoms with van der Waals surface area (Å²) < 4.78 is 2.40. The van der Waals surface area contributed by atoms with Gasteiger partial charge in [-0.3, -0.25) is 0 Å². The second-order valence-electron chi connectivity index (χ2n) is 9.71. The van der Waals surface area contributed by atoms with Gasteiger partial charge in [-0.05, 0) is 46.4 Å². The number of rotatable bonds is 6. The van der Waals surface area contributed by atoms with E-state index >= 15 is 0 Å². The molecule has 0 saturated heterocycles. The molecule has 1 unspecified atom stereocenters. The number of aromatic nitrogens is 2. The van der Waals surface area contributed by atoms with Crippen molar-refractivity contribution < 1.29 is 0 Å². The molecule has 3 heteroatoms. The molecule has 34 heavy (non-hydrogen) atoms. The zero-order chi connectivity index (χ0) is 23.5. The molecule has 0 N–H and O–H groups in total. The minimum absolute atomic E-state index is 0.0878. The highest BCUT2D eigenvalue weighted by atomic mass is 32.2. The van der Waals surface area contributed by atoms with Gasteiger partial charge in [-0.25, -0.2) is 4.98 Å². The van der Waals surface area contributed by atoms with Crippen LogP contribution in [0.4, 0.5) is 0 Å². The van der Waals surface area contributed by atoms with Crippen molar-refractivity contribution in [3.8, 4) is 0 Å². The van der Waals surface area contributed by atoms with Crippen LogP contribution in [0.15, 0.2) is 114 Å². The smallest absolute Gasteiger partial charge is 0.128 e. The second kappa shape index (κ2) is 9.52. The standard InChI is InChI=1S/C31H30N2S/c1-31(2,3)25-20-18-23(19-21-25)22-33-28-17-11-10-16-27(28)32-30(33)29(24-12-6-4-7-13-24)34-26-14-8-5-9-15-26/h4-21,29H,22H2,1-3H3. The molecule has 1 aromatic heterocycles.